The van der Waals surface area contributed by atoms with Crippen LogP contribution in [-0.4, -0.2) is 76.9 Å². The maximum atomic E-state index is 13.1. The lowest BCUT2D eigenvalue weighted by atomic mass is 10.1. The van der Waals surface area contributed by atoms with Crippen LogP contribution in [0.15, 0.2) is 36.5 Å². The molecule has 2 aromatic rings. The molecule has 0 bridgehead atoms. The van der Waals surface area contributed by atoms with E-state index in [9.17, 15) is 14.4 Å². The van der Waals surface area contributed by atoms with Crippen molar-refractivity contribution in [3.05, 3.63) is 53.3 Å². The number of carboxylic acids is 1. The number of piperazine rings is 1. The van der Waals surface area contributed by atoms with Crippen LogP contribution in [0.2, 0.25) is 0 Å². The summed E-state index contributed by atoms with van der Waals surface area (Å²) in [4.78, 5) is 46.6. The summed E-state index contributed by atoms with van der Waals surface area (Å²) in [5.41, 5.74) is 4.13. The molecule has 4 rings (SSSR count). The molecule has 1 aromatic heterocycles. The van der Waals surface area contributed by atoms with Crippen molar-refractivity contribution in [1.29, 1.82) is 0 Å². The van der Waals surface area contributed by atoms with Crippen molar-refractivity contribution in [1.82, 2.24) is 14.8 Å². The zero-order valence-electron chi connectivity index (χ0n) is 18.2. The lowest BCUT2D eigenvalue weighted by Crippen LogP contribution is -2.48. The number of likely N-dealkylation sites (N-methyl/N-ethyl adjacent to an activating group) is 1. The number of pyridine rings is 1. The molecule has 1 unspecified atom stereocenters. The van der Waals surface area contributed by atoms with Gasteiger partial charge >= 0.3 is 5.97 Å². The quantitative estimate of drug-likeness (QED) is 0.748. The van der Waals surface area contributed by atoms with E-state index >= 15 is 0 Å². The van der Waals surface area contributed by atoms with Crippen LogP contribution in [0.3, 0.4) is 0 Å². The fourth-order valence-corrected chi connectivity index (χ4v) is 4.24. The number of anilines is 2. The number of carbonyl (C=O) groups excluding carboxylic acids is 2. The fourth-order valence-electron chi connectivity index (χ4n) is 4.24. The molecule has 9 heteroatoms. The number of carbonyl (C=O) groups is 3. The first kappa shape index (κ1) is 21.6. The van der Waals surface area contributed by atoms with Crippen LogP contribution in [0.25, 0.3) is 0 Å². The Balaban J connectivity index is 1.46. The van der Waals surface area contributed by atoms with Crippen LogP contribution in [-0.2, 0) is 16.1 Å². The van der Waals surface area contributed by atoms with Gasteiger partial charge in [0.1, 0.15) is 6.04 Å². The monoisotopic (exact) mass is 437 g/mol. The lowest BCUT2D eigenvalue weighted by molar-refractivity contribution is -0.141. The number of aliphatic carboxylic acids is 1. The summed E-state index contributed by atoms with van der Waals surface area (Å²) in [6.45, 7) is 5.01. The number of aryl methyl sites for hydroxylation is 1. The Morgan fingerprint density at radius 1 is 1.16 bits per heavy atom. The highest BCUT2D eigenvalue weighted by Crippen LogP contribution is 2.26. The lowest BCUT2D eigenvalue weighted by Gasteiger charge is -2.36. The summed E-state index contributed by atoms with van der Waals surface area (Å²) >= 11 is 0. The van der Waals surface area contributed by atoms with Gasteiger partial charge in [-0.25, -0.2) is 0 Å². The minimum atomic E-state index is -1.04. The molecule has 0 spiro atoms. The number of benzene rings is 1. The molecule has 1 atom stereocenters. The third-order valence-corrected chi connectivity index (χ3v) is 5.95. The second kappa shape index (κ2) is 8.86. The molecule has 1 saturated heterocycles. The summed E-state index contributed by atoms with van der Waals surface area (Å²) < 4.78 is 0. The largest absolute Gasteiger partial charge is 0.481 e. The Morgan fingerprint density at radius 3 is 2.59 bits per heavy atom. The molecule has 3 heterocycles. The zero-order valence-corrected chi connectivity index (χ0v) is 18.2. The van der Waals surface area contributed by atoms with Crippen LogP contribution >= 0.6 is 0 Å². The Kier molecular flexibility index (Phi) is 5.98. The fraction of sp³-hybridized carbons (Fsp3) is 0.391. The number of fused-ring (bicyclic) bond motifs is 1. The summed E-state index contributed by atoms with van der Waals surface area (Å²) in [5, 5.41) is 12.1. The first-order valence-electron chi connectivity index (χ1n) is 10.6. The maximum Gasteiger partial charge on any atom is 0.305 e. The average molecular weight is 438 g/mol. The van der Waals surface area contributed by atoms with E-state index in [0.29, 0.717) is 30.9 Å². The molecule has 168 valence electrons. The van der Waals surface area contributed by atoms with Crippen molar-refractivity contribution in [3.8, 4) is 0 Å². The van der Waals surface area contributed by atoms with Gasteiger partial charge in [-0.05, 0) is 42.8 Å². The molecular weight excluding hydrogens is 410 g/mol. The molecular formula is C23H27N5O4. The number of nitrogens with one attached hydrogen (secondary N) is 1. The molecule has 32 heavy (non-hydrogen) atoms. The predicted molar refractivity (Wildman–Crippen MR) is 120 cm³/mol. The minimum Gasteiger partial charge on any atom is -0.481 e. The second-order valence-electron chi connectivity index (χ2n) is 8.30. The van der Waals surface area contributed by atoms with Crippen LogP contribution in [0.5, 0.6) is 0 Å². The topological polar surface area (TPSA) is 106 Å². The van der Waals surface area contributed by atoms with Crippen LogP contribution in [0.4, 0.5) is 11.4 Å². The van der Waals surface area contributed by atoms with Crippen molar-refractivity contribution < 1.29 is 19.5 Å². The molecule has 0 saturated carbocycles. The van der Waals surface area contributed by atoms with Crippen molar-refractivity contribution in [3.63, 3.8) is 0 Å². The first-order chi connectivity index (χ1) is 15.3. The Bertz CT molecular complexity index is 1050. The van der Waals surface area contributed by atoms with Crippen LogP contribution in [0, 0.1) is 6.92 Å². The van der Waals surface area contributed by atoms with Gasteiger partial charge in [-0.2, -0.15) is 0 Å². The summed E-state index contributed by atoms with van der Waals surface area (Å²) in [5.74, 6) is -1.36. The highest BCUT2D eigenvalue weighted by atomic mass is 16.4. The molecule has 2 aliphatic rings. The van der Waals surface area contributed by atoms with E-state index < -0.39 is 12.0 Å². The molecule has 2 amide bonds. The van der Waals surface area contributed by atoms with Crippen molar-refractivity contribution in [2.45, 2.75) is 25.9 Å². The van der Waals surface area contributed by atoms with Crippen LogP contribution in [0.1, 0.15) is 28.0 Å². The first-order valence-corrected chi connectivity index (χ1v) is 10.6. The number of amides is 2. The van der Waals surface area contributed by atoms with Gasteiger partial charge in [-0.3, -0.25) is 19.4 Å². The highest BCUT2D eigenvalue weighted by molar-refractivity contribution is 5.96. The molecule has 0 aliphatic carbocycles. The third-order valence-electron chi connectivity index (χ3n) is 5.95. The van der Waals surface area contributed by atoms with Crippen molar-refractivity contribution in [2.24, 2.45) is 0 Å². The maximum absolute atomic E-state index is 13.1. The van der Waals surface area contributed by atoms with Crippen molar-refractivity contribution >= 4 is 29.2 Å². The number of hydrogen-bond acceptors (Lipinski definition) is 6. The molecule has 2 aliphatic heterocycles. The van der Waals surface area contributed by atoms with Gasteiger partial charge in [0.2, 0.25) is 5.91 Å². The summed E-state index contributed by atoms with van der Waals surface area (Å²) in [7, 11) is 1.64. The van der Waals surface area contributed by atoms with E-state index in [1.807, 2.05) is 24.0 Å². The third kappa shape index (κ3) is 4.51. The Morgan fingerprint density at radius 2 is 1.91 bits per heavy atom. The van der Waals surface area contributed by atoms with Gasteiger partial charge in [-0.15, -0.1) is 0 Å². The Hall–Kier alpha value is -3.62. The molecule has 1 aromatic carbocycles. The smallest absolute Gasteiger partial charge is 0.305 e. The van der Waals surface area contributed by atoms with E-state index in [1.54, 1.807) is 31.4 Å². The predicted octanol–water partition coefficient (Wildman–Crippen LogP) is 1.58. The summed E-state index contributed by atoms with van der Waals surface area (Å²) in [6.07, 6.45) is 1.50. The van der Waals surface area contributed by atoms with E-state index in [1.165, 1.54) is 4.90 Å². The molecule has 1 fully saturated rings. The van der Waals surface area contributed by atoms with Gasteiger partial charge < -0.3 is 25.1 Å². The normalized spacial score (nSPS) is 18.6. The molecule has 2 N–H and O–H groups in total. The molecule has 9 nitrogen and oxygen atoms in total. The van der Waals surface area contributed by atoms with Gasteiger partial charge in [0.15, 0.2) is 0 Å². The van der Waals surface area contributed by atoms with E-state index in [2.05, 4.69) is 15.2 Å². The number of aromatic nitrogens is 1. The average Bonchev–Trinajstić information content (AvgIpc) is 2.89. The van der Waals surface area contributed by atoms with Crippen LogP contribution < -0.4 is 10.2 Å². The SMILES string of the molecule is Cc1cc(N2CCN(C(=O)c3ccc4c(c3)CN(C)C(=O)C(CC(=O)O)N4)CC2)ccn1. The summed E-state index contributed by atoms with van der Waals surface area (Å²) in [6, 6.07) is 8.51. The van der Waals surface area contributed by atoms with E-state index in [4.69, 9.17) is 5.11 Å². The number of carboxylic acid groups (broad SMARTS) is 1. The minimum absolute atomic E-state index is 0.0429. The number of rotatable bonds is 4. The van der Waals surface area contributed by atoms with Gasteiger partial charge in [-0.1, -0.05) is 0 Å². The highest BCUT2D eigenvalue weighted by Gasteiger charge is 2.30. The van der Waals surface area contributed by atoms with Gasteiger partial charge in [0, 0.05) is 68.6 Å². The molecule has 0 radical (unpaired) electrons. The van der Waals surface area contributed by atoms with Crippen molar-refractivity contribution in [2.75, 3.05) is 43.4 Å². The van der Waals surface area contributed by atoms with Gasteiger partial charge in [0.25, 0.3) is 5.91 Å². The standard InChI is InChI=1S/C23H27N5O4/c1-15-11-18(5-6-24-15)27-7-9-28(10-8-27)22(31)16-3-4-19-17(12-16)14-26(2)23(32)20(25-19)13-21(29)30/h3-6,11-12,20,25H,7-10,13-14H2,1-2H3,(H,29,30). The van der Waals surface area contributed by atoms with Gasteiger partial charge in [0.05, 0.1) is 6.42 Å². The zero-order chi connectivity index (χ0) is 22.8. The van der Waals surface area contributed by atoms with E-state index in [0.717, 1.165) is 30.0 Å². The number of hydrogen-bond donors (Lipinski definition) is 2. The Labute approximate surface area is 186 Å². The number of nitrogens with zero attached hydrogens (tertiary/aromatic N) is 4. The van der Waals surface area contributed by atoms with E-state index in [-0.39, 0.29) is 18.2 Å². The second-order valence-corrected chi connectivity index (χ2v) is 8.30.